The molecule has 0 bridgehead atoms. The first kappa shape index (κ1) is 20.4. The number of nitrogens with zero attached hydrogens (tertiary/aromatic N) is 1. The van der Waals surface area contributed by atoms with Crippen molar-refractivity contribution in [3.63, 3.8) is 0 Å². The van der Waals surface area contributed by atoms with Gasteiger partial charge in [-0.15, -0.1) is 0 Å². The van der Waals surface area contributed by atoms with Crippen LogP contribution in [0.4, 0.5) is 5.69 Å². The number of esters is 1. The zero-order valence-corrected chi connectivity index (χ0v) is 16.2. The summed E-state index contributed by atoms with van der Waals surface area (Å²) in [6, 6.07) is 9.67. The number of ether oxygens (including phenoxy) is 2. The largest absolute Gasteiger partial charge is 0.496 e. The van der Waals surface area contributed by atoms with Crippen LogP contribution in [0.15, 0.2) is 46.9 Å². The van der Waals surface area contributed by atoms with Crippen molar-refractivity contribution in [1.82, 2.24) is 5.32 Å². The summed E-state index contributed by atoms with van der Waals surface area (Å²) in [4.78, 5) is 35.1. The van der Waals surface area contributed by atoms with Crippen LogP contribution in [0.25, 0.3) is 0 Å². The Morgan fingerprint density at radius 2 is 1.96 bits per heavy atom. The Bertz CT molecular complexity index is 871. The maximum atomic E-state index is 12.5. The molecule has 0 radical (unpaired) electrons. The molecule has 2 rings (SSSR count). The molecular formula is C18H17BrN2O6. The first-order valence-electron chi connectivity index (χ1n) is 7.81. The third-order valence-electron chi connectivity index (χ3n) is 3.78. The molecule has 2 aromatic carbocycles. The quantitative estimate of drug-likeness (QED) is 0.406. The molecule has 2 aromatic rings. The lowest BCUT2D eigenvalue weighted by molar-refractivity contribution is -0.384. The van der Waals surface area contributed by atoms with Crippen LogP contribution >= 0.6 is 15.9 Å². The van der Waals surface area contributed by atoms with E-state index in [4.69, 9.17) is 9.47 Å². The number of amides is 1. The third-order valence-corrected chi connectivity index (χ3v) is 4.27. The molecule has 1 atom stereocenters. The molecule has 0 unspecified atom stereocenters. The first-order chi connectivity index (χ1) is 12.8. The number of methoxy groups -OCH3 is 2. The highest BCUT2D eigenvalue weighted by molar-refractivity contribution is 9.10. The maximum Gasteiger partial charge on any atom is 0.328 e. The molecule has 1 amide bonds. The lowest BCUT2D eigenvalue weighted by Gasteiger charge is -2.18. The molecule has 142 valence electrons. The molecule has 0 heterocycles. The Kier molecular flexibility index (Phi) is 6.89. The fourth-order valence-corrected chi connectivity index (χ4v) is 2.86. The van der Waals surface area contributed by atoms with Gasteiger partial charge in [0.15, 0.2) is 0 Å². The molecule has 27 heavy (non-hydrogen) atoms. The van der Waals surface area contributed by atoms with E-state index in [-0.39, 0.29) is 12.1 Å². The van der Waals surface area contributed by atoms with Crippen LogP contribution in [0.1, 0.15) is 15.9 Å². The number of hydrogen-bond acceptors (Lipinski definition) is 6. The summed E-state index contributed by atoms with van der Waals surface area (Å²) in [7, 11) is 2.61. The van der Waals surface area contributed by atoms with Crippen LogP contribution in [0.5, 0.6) is 5.75 Å². The highest BCUT2D eigenvalue weighted by Gasteiger charge is 2.25. The molecule has 9 heteroatoms. The van der Waals surface area contributed by atoms with Crippen LogP contribution in [0, 0.1) is 10.1 Å². The Labute approximate surface area is 163 Å². The molecule has 0 aliphatic rings. The van der Waals surface area contributed by atoms with Crippen LogP contribution in [-0.4, -0.2) is 37.1 Å². The minimum atomic E-state index is -1.04. The molecule has 8 nitrogen and oxygen atoms in total. The maximum absolute atomic E-state index is 12.5. The lowest BCUT2D eigenvalue weighted by atomic mass is 10.0. The molecule has 0 aliphatic carbocycles. The summed E-state index contributed by atoms with van der Waals surface area (Å²) in [6.45, 7) is 0. The Hall–Kier alpha value is -2.94. The van der Waals surface area contributed by atoms with Gasteiger partial charge in [0.1, 0.15) is 11.8 Å². The fourth-order valence-electron chi connectivity index (χ4n) is 2.46. The van der Waals surface area contributed by atoms with Crippen molar-refractivity contribution in [2.75, 3.05) is 14.2 Å². The number of rotatable bonds is 7. The highest BCUT2D eigenvalue weighted by Crippen LogP contribution is 2.25. The van der Waals surface area contributed by atoms with Gasteiger partial charge in [0.05, 0.1) is 19.1 Å². The number of carbonyl (C=O) groups excluding carboxylic acids is 2. The molecular weight excluding hydrogens is 420 g/mol. The fraction of sp³-hybridized carbons (Fsp3) is 0.222. The van der Waals surface area contributed by atoms with Crippen molar-refractivity contribution in [2.24, 2.45) is 0 Å². The number of hydrogen-bond donors (Lipinski definition) is 1. The van der Waals surface area contributed by atoms with Crippen molar-refractivity contribution in [3.05, 3.63) is 68.2 Å². The van der Waals surface area contributed by atoms with Crippen LogP contribution < -0.4 is 10.1 Å². The van der Waals surface area contributed by atoms with Crippen LogP contribution in [0.3, 0.4) is 0 Å². The van der Waals surface area contributed by atoms with E-state index in [0.29, 0.717) is 21.3 Å². The van der Waals surface area contributed by atoms with E-state index in [1.807, 2.05) is 0 Å². The van der Waals surface area contributed by atoms with Crippen molar-refractivity contribution in [3.8, 4) is 5.75 Å². The minimum absolute atomic E-state index is 0.0305. The average molecular weight is 437 g/mol. The van der Waals surface area contributed by atoms with Gasteiger partial charge in [0, 0.05) is 34.2 Å². The smallest absolute Gasteiger partial charge is 0.328 e. The van der Waals surface area contributed by atoms with Crippen molar-refractivity contribution in [2.45, 2.75) is 12.5 Å². The molecule has 0 aliphatic heterocycles. The second-order valence-corrected chi connectivity index (χ2v) is 6.43. The van der Waals surface area contributed by atoms with Crippen molar-refractivity contribution in [1.29, 1.82) is 0 Å². The molecule has 0 saturated heterocycles. The summed E-state index contributed by atoms with van der Waals surface area (Å²) in [5, 5.41) is 13.6. The van der Waals surface area contributed by atoms with Gasteiger partial charge < -0.3 is 14.8 Å². The van der Waals surface area contributed by atoms with Gasteiger partial charge >= 0.3 is 5.97 Å². The van der Waals surface area contributed by atoms with E-state index in [2.05, 4.69) is 21.2 Å². The van der Waals surface area contributed by atoms with E-state index in [9.17, 15) is 19.7 Å². The van der Waals surface area contributed by atoms with E-state index in [1.165, 1.54) is 32.4 Å². The number of non-ortho nitro benzene ring substituents is 1. The summed E-state index contributed by atoms with van der Waals surface area (Å²) in [5.74, 6) is -0.783. The second kappa shape index (κ2) is 9.13. The van der Waals surface area contributed by atoms with Crippen LogP contribution in [0.2, 0.25) is 0 Å². The predicted octanol–water partition coefficient (Wildman–Crippen LogP) is 2.88. The van der Waals surface area contributed by atoms with E-state index in [0.717, 1.165) is 0 Å². The SMILES string of the molecule is COC(=O)[C@H](Cc1cc([N+](=O)[O-])ccc1OC)NC(=O)c1cccc(Br)c1. The standard InChI is InChI=1S/C18H17BrN2O6/c1-26-16-7-6-14(21(24)25)9-12(16)10-15(18(23)27-2)20-17(22)11-4-3-5-13(19)8-11/h3-9,15H,10H2,1-2H3,(H,20,22)/t15-/m0/s1. The summed E-state index contributed by atoms with van der Waals surface area (Å²) in [5.41, 5.74) is 0.605. The molecule has 1 N–H and O–H groups in total. The summed E-state index contributed by atoms with van der Waals surface area (Å²) in [6.07, 6.45) is -0.0305. The molecule has 0 saturated carbocycles. The number of nitro benzene ring substituents is 1. The van der Waals surface area contributed by atoms with Gasteiger partial charge in [0.25, 0.3) is 11.6 Å². The zero-order valence-electron chi connectivity index (χ0n) is 14.6. The number of benzene rings is 2. The second-order valence-electron chi connectivity index (χ2n) is 5.52. The van der Waals surface area contributed by atoms with E-state index >= 15 is 0 Å². The molecule has 0 fully saturated rings. The third kappa shape index (κ3) is 5.27. The molecule has 0 aromatic heterocycles. The van der Waals surface area contributed by atoms with Gasteiger partial charge in [-0.25, -0.2) is 4.79 Å². The number of carbonyl (C=O) groups is 2. The van der Waals surface area contributed by atoms with Gasteiger partial charge in [-0.2, -0.15) is 0 Å². The van der Waals surface area contributed by atoms with Crippen molar-refractivity contribution >= 4 is 33.5 Å². The minimum Gasteiger partial charge on any atom is -0.496 e. The normalized spacial score (nSPS) is 11.4. The first-order valence-corrected chi connectivity index (χ1v) is 8.60. The number of nitro groups is 1. The van der Waals surface area contributed by atoms with Crippen molar-refractivity contribution < 1.29 is 24.0 Å². The van der Waals surface area contributed by atoms with Gasteiger partial charge in [-0.05, 0) is 24.3 Å². The zero-order chi connectivity index (χ0) is 20.0. The Morgan fingerprint density at radius 3 is 2.56 bits per heavy atom. The number of nitrogens with one attached hydrogen (secondary N) is 1. The van der Waals surface area contributed by atoms with E-state index in [1.54, 1.807) is 24.3 Å². The monoisotopic (exact) mass is 436 g/mol. The summed E-state index contributed by atoms with van der Waals surface area (Å²) >= 11 is 3.28. The Morgan fingerprint density at radius 1 is 1.22 bits per heavy atom. The molecule has 0 spiro atoms. The van der Waals surface area contributed by atoms with Gasteiger partial charge in [0.2, 0.25) is 0 Å². The predicted molar refractivity (Wildman–Crippen MR) is 101 cm³/mol. The topological polar surface area (TPSA) is 108 Å². The van der Waals surface area contributed by atoms with Crippen LogP contribution in [-0.2, 0) is 16.0 Å². The van der Waals surface area contributed by atoms with E-state index < -0.39 is 22.8 Å². The average Bonchev–Trinajstić information content (AvgIpc) is 2.66. The lowest BCUT2D eigenvalue weighted by Crippen LogP contribution is -2.43. The van der Waals surface area contributed by atoms with Gasteiger partial charge in [-0.3, -0.25) is 14.9 Å². The summed E-state index contributed by atoms with van der Waals surface area (Å²) < 4.78 is 10.7. The number of halogens is 1. The van der Waals surface area contributed by atoms with Gasteiger partial charge in [-0.1, -0.05) is 22.0 Å². The Balaban J connectivity index is 2.29. The highest BCUT2D eigenvalue weighted by atomic mass is 79.9.